The van der Waals surface area contributed by atoms with Crippen molar-refractivity contribution in [1.29, 1.82) is 0 Å². The van der Waals surface area contributed by atoms with Gasteiger partial charge in [-0.1, -0.05) is 39.5 Å². The molecule has 0 aliphatic heterocycles. The van der Waals surface area contributed by atoms with Crippen molar-refractivity contribution in [2.45, 2.75) is 71.8 Å². The van der Waals surface area contributed by atoms with Crippen molar-refractivity contribution < 1.29 is 16.1 Å². The van der Waals surface area contributed by atoms with Crippen LogP contribution in [-0.4, -0.2) is 28.7 Å². The van der Waals surface area contributed by atoms with E-state index in [9.17, 15) is 5.11 Å². The molecule has 1 saturated carbocycles. The first kappa shape index (κ1) is 25.6. The molecule has 17 heavy (non-hydrogen) atoms. The fourth-order valence-corrected chi connectivity index (χ4v) is 1.81. The Labute approximate surface area is 107 Å². The van der Waals surface area contributed by atoms with E-state index in [-0.39, 0.29) is 11.0 Å². The summed E-state index contributed by atoms with van der Waals surface area (Å²) < 4.78 is 0. The van der Waals surface area contributed by atoms with E-state index in [4.69, 9.17) is 0 Å². The lowest BCUT2D eigenvalue weighted by atomic mass is 9.79. The molecular weight excluding hydrogens is 218 g/mol. The van der Waals surface area contributed by atoms with E-state index >= 15 is 0 Å². The average molecular weight is 253 g/mol. The third kappa shape index (κ3) is 15.8. The van der Waals surface area contributed by atoms with E-state index in [0.717, 1.165) is 0 Å². The lowest BCUT2D eigenvalue weighted by Crippen LogP contribution is -2.32. The maximum atomic E-state index is 9.64. The molecule has 0 aromatic heterocycles. The Bertz CT molecular complexity index is 118. The summed E-state index contributed by atoms with van der Waals surface area (Å²) in [7, 11) is 1.50. The Morgan fingerprint density at radius 1 is 1.00 bits per heavy atom. The number of hydrogen-bond acceptors (Lipinski definition) is 2. The van der Waals surface area contributed by atoms with E-state index in [0.29, 0.717) is 5.92 Å². The Morgan fingerprint density at radius 3 is 1.47 bits per heavy atom. The molecule has 1 rings (SSSR count). The van der Waals surface area contributed by atoms with E-state index < -0.39 is 5.60 Å². The molecule has 0 aromatic carbocycles. The molecule has 7 N–H and O–H groups in total. The van der Waals surface area contributed by atoms with Crippen molar-refractivity contribution in [1.82, 2.24) is 0 Å². The summed E-state index contributed by atoms with van der Waals surface area (Å²) in [5, 5.41) is 9.64. The van der Waals surface area contributed by atoms with Crippen LogP contribution in [0, 0.1) is 5.92 Å². The standard InChI is InChI=1S/C9H18O.C3H8.CH5N.2H2O/c1-9(2,10)8-6-4-3-5-7-8;1-3-2;1-2;;/h8,10H,3-7H2,1-2H3;3H2,1-2H3;2H2,1H3;2*1H2. The third-order valence-corrected chi connectivity index (χ3v) is 2.60. The lowest BCUT2D eigenvalue weighted by molar-refractivity contribution is 0.000834. The largest absolute Gasteiger partial charge is 0.412 e. The molecule has 0 radical (unpaired) electrons. The topological polar surface area (TPSA) is 109 Å². The molecular formula is C13H35NO3. The van der Waals surface area contributed by atoms with Gasteiger partial charge in [-0.3, -0.25) is 0 Å². The van der Waals surface area contributed by atoms with E-state index in [1.165, 1.54) is 45.6 Å². The molecule has 0 aromatic rings. The first-order valence-corrected chi connectivity index (χ1v) is 6.32. The number of hydrogen-bond donors (Lipinski definition) is 2. The number of aliphatic hydroxyl groups is 1. The second-order valence-corrected chi connectivity index (χ2v) is 4.70. The van der Waals surface area contributed by atoms with Gasteiger partial charge in [0.1, 0.15) is 0 Å². The van der Waals surface area contributed by atoms with Crippen LogP contribution in [0.25, 0.3) is 0 Å². The van der Waals surface area contributed by atoms with Gasteiger partial charge in [0.25, 0.3) is 0 Å². The molecule has 1 aliphatic carbocycles. The monoisotopic (exact) mass is 253 g/mol. The predicted molar refractivity (Wildman–Crippen MR) is 76.2 cm³/mol. The molecule has 0 saturated heterocycles. The first-order chi connectivity index (χ1) is 7.02. The maximum Gasteiger partial charge on any atom is 0.0619 e. The van der Waals surface area contributed by atoms with Gasteiger partial charge < -0.3 is 21.8 Å². The molecule has 4 heteroatoms. The second-order valence-electron chi connectivity index (χ2n) is 4.70. The van der Waals surface area contributed by atoms with Crippen molar-refractivity contribution in [2.75, 3.05) is 7.05 Å². The van der Waals surface area contributed by atoms with Crippen molar-refractivity contribution >= 4 is 0 Å². The zero-order valence-electron chi connectivity index (χ0n) is 12.3. The van der Waals surface area contributed by atoms with Gasteiger partial charge in [0.05, 0.1) is 5.60 Å². The van der Waals surface area contributed by atoms with Crippen molar-refractivity contribution in [3.05, 3.63) is 0 Å². The minimum absolute atomic E-state index is 0. The van der Waals surface area contributed by atoms with Gasteiger partial charge in [-0.15, -0.1) is 0 Å². The average Bonchev–Trinajstić information content (AvgIpc) is 2.22. The Morgan fingerprint density at radius 2 is 1.29 bits per heavy atom. The van der Waals surface area contributed by atoms with Gasteiger partial charge >= 0.3 is 0 Å². The van der Waals surface area contributed by atoms with Gasteiger partial charge in [-0.05, 0) is 39.7 Å². The van der Waals surface area contributed by atoms with Crippen LogP contribution >= 0.6 is 0 Å². The van der Waals surface area contributed by atoms with Crippen molar-refractivity contribution in [3.8, 4) is 0 Å². The highest BCUT2D eigenvalue weighted by Gasteiger charge is 2.27. The number of rotatable bonds is 1. The van der Waals surface area contributed by atoms with Gasteiger partial charge in [0.2, 0.25) is 0 Å². The van der Waals surface area contributed by atoms with Crippen molar-refractivity contribution in [3.63, 3.8) is 0 Å². The Kier molecular flexibility index (Phi) is 23.9. The minimum Gasteiger partial charge on any atom is -0.412 e. The fraction of sp³-hybridized carbons (Fsp3) is 1.00. The molecule has 4 nitrogen and oxygen atoms in total. The zero-order valence-corrected chi connectivity index (χ0v) is 12.3. The van der Waals surface area contributed by atoms with Crippen LogP contribution in [0.5, 0.6) is 0 Å². The molecule has 0 heterocycles. The lowest BCUT2D eigenvalue weighted by Gasteiger charge is -2.32. The normalized spacial score (nSPS) is 15.0. The predicted octanol–water partition coefficient (Wildman–Crippen LogP) is 1.68. The van der Waals surface area contributed by atoms with Gasteiger partial charge in [-0.2, -0.15) is 0 Å². The van der Waals surface area contributed by atoms with Crippen LogP contribution < -0.4 is 5.73 Å². The summed E-state index contributed by atoms with van der Waals surface area (Å²) in [4.78, 5) is 0. The highest BCUT2D eigenvalue weighted by molar-refractivity contribution is 4.79. The maximum absolute atomic E-state index is 9.64. The van der Waals surface area contributed by atoms with E-state index in [2.05, 4.69) is 19.6 Å². The molecule has 0 spiro atoms. The van der Waals surface area contributed by atoms with Gasteiger partial charge in [0, 0.05) is 0 Å². The van der Waals surface area contributed by atoms with Crippen LogP contribution in [0.4, 0.5) is 0 Å². The highest BCUT2D eigenvalue weighted by atomic mass is 16.3. The molecule has 1 aliphatic rings. The second kappa shape index (κ2) is 15.8. The summed E-state index contributed by atoms with van der Waals surface area (Å²) in [6.45, 7) is 8.12. The van der Waals surface area contributed by atoms with Gasteiger partial charge in [-0.25, -0.2) is 0 Å². The van der Waals surface area contributed by atoms with Gasteiger partial charge in [0.15, 0.2) is 0 Å². The SMILES string of the molecule is CC(C)(O)C1CCCCC1.CCC.CN.O.O. The summed E-state index contributed by atoms with van der Waals surface area (Å²) in [5.41, 5.74) is 4.07. The molecule has 0 bridgehead atoms. The number of nitrogens with two attached hydrogens (primary N) is 1. The fourth-order valence-electron chi connectivity index (χ4n) is 1.81. The Hall–Kier alpha value is -0.160. The Balaban J connectivity index is -0.000000106. The molecule has 0 atom stereocenters. The van der Waals surface area contributed by atoms with E-state index in [1.807, 2.05) is 13.8 Å². The summed E-state index contributed by atoms with van der Waals surface area (Å²) in [6, 6.07) is 0. The summed E-state index contributed by atoms with van der Waals surface area (Å²) >= 11 is 0. The van der Waals surface area contributed by atoms with E-state index in [1.54, 1.807) is 0 Å². The quantitative estimate of drug-likeness (QED) is 0.741. The molecule has 1 fully saturated rings. The summed E-state index contributed by atoms with van der Waals surface area (Å²) in [6.07, 6.45) is 7.70. The van der Waals surface area contributed by atoms with Crippen LogP contribution in [0.1, 0.15) is 66.2 Å². The highest BCUT2D eigenvalue weighted by Crippen LogP contribution is 2.31. The molecule has 0 unspecified atom stereocenters. The van der Waals surface area contributed by atoms with Crippen LogP contribution in [0.2, 0.25) is 0 Å². The van der Waals surface area contributed by atoms with Crippen LogP contribution in [0.15, 0.2) is 0 Å². The van der Waals surface area contributed by atoms with Crippen LogP contribution in [-0.2, 0) is 0 Å². The molecule has 0 amide bonds. The van der Waals surface area contributed by atoms with Crippen LogP contribution in [0.3, 0.4) is 0 Å². The molecule has 110 valence electrons. The first-order valence-electron chi connectivity index (χ1n) is 6.32. The van der Waals surface area contributed by atoms with Crippen molar-refractivity contribution in [2.24, 2.45) is 11.7 Å². The summed E-state index contributed by atoms with van der Waals surface area (Å²) in [5.74, 6) is 0.557. The smallest absolute Gasteiger partial charge is 0.0619 e. The zero-order chi connectivity index (χ0) is 12.3. The minimum atomic E-state index is -0.430. The third-order valence-electron chi connectivity index (χ3n) is 2.60.